The van der Waals surface area contributed by atoms with Crippen LogP contribution >= 0.6 is 0 Å². The summed E-state index contributed by atoms with van der Waals surface area (Å²) in [5.74, 6) is -0.132. The number of nitrogens with zero attached hydrogens (tertiary/aromatic N) is 2. The smallest absolute Gasteiger partial charge is 0.256 e. The molecule has 2 aliphatic rings. The molecule has 2 heterocycles. The highest BCUT2D eigenvalue weighted by Crippen LogP contribution is 2.23. The monoisotopic (exact) mass is 407 g/mol. The SMILES string of the molecule is O=C(Nc1ccccc1C(=O)N1CCOCC1)C1CCCN(Cc2ccccc2)C1. The van der Waals surface area contributed by atoms with Crippen LogP contribution in [-0.2, 0) is 16.1 Å². The van der Waals surface area contributed by atoms with Gasteiger partial charge in [0.15, 0.2) is 0 Å². The van der Waals surface area contributed by atoms with E-state index in [9.17, 15) is 9.59 Å². The van der Waals surface area contributed by atoms with Gasteiger partial charge >= 0.3 is 0 Å². The van der Waals surface area contributed by atoms with Crippen LogP contribution in [-0.4, -0.2) is 61.0 Å². The van der Waals surface area contributed by atoms with E-state index in [-0.39, 0.29) is 17.7 Å². The number of anilines is 1. The Morgan fingerprint density at radius 2 is 1.70 bits per heavy atom. The lowest BCUT2D eigenvalue weighted by atomic mass is 9.96. The minimum Gasteiger partial charge on any atom is -0.378 e. The molecule has 4 rings (SSSR count). The molecule has 0 aliphatic carbocycles. The molecule has 0 bridgehead atoms. The van der Waals surface area contributed by atoms with Gasteiger partial charge < -0.3 is 15.0 Å². The zero-order chi connectivity index (χ0) is 20.8. The van der Waals surface area contributed by atoms with Gasteiger partial charge in [0.1, 0.15) is 0 Å². The fraction of sp³-hybridized carbons (Fsp3) is 0.417. The zero-order valence-corrected chi connectivity index (χ0v) is 17.3. The van der Waals surface area contributed by atoms with E-state index in [0.29, 0.717) is 37.6 Å². The molecule has 30 heavy (non-hydrogen) atoms. The summed E-state index contributed by atoms with van der Waals surface area (Å²) in [5.41, 5.74) is 2.41. The summed E-state index contributed by atoms with van der Waals surface area (Å²) in [7, 11) is 0. The Kier molecular flexibility index (Phi) is 6.77. The van der Waals surface area contributed by atoms with E-state index < -0.39 is 0 Å². The number of carbonyl (C=O) groups is 2. The molecule has 2 aromatic carbocycles. The summed E-state index contributed by atoms with van der Waals surface area (Å²) in [5, 5.41) is 3.04. The van der Waals surface area contributed by atoms with E-state index in [0.717, 1.165) is 32.5 Å². The molecule has 2 aliphatic heterocycles. The molecular weight excluding hydrogens is 378 g/mol. The predicted molar refractivity (Wildman–Crippen MR) is 116 cm³/mol. The van der Waals surface area contributed by atoms with Crippen molar-refractivity contribution in [1.82, 2.24) is 9.80 Å². The van der Waals surface area contributed by atoms with Crippen LogP contribution in [0.15, 0.2) is 54.6 Å². The first-order chi connectivity index (χ1) is 14.7. The second-order valence-corrected chi connectivity index (χ2v) is 8.00. The molecular formula is C24H29N3O3. The Morgan fingerprint density at radius 3 is 2.50 bits per heavy atom. The van der Waals surface area contributed by atoms with Crippen LogP contribution in [0.3, 0.4) is 0 Å². The van der Waals surface area contributed by atoms with Crippen LogP contribution in [0.5, 0.6) is 0 Å². The highest BCUT2D eigenvalue weighted by Gasteiger charge is 2.27. The summed E-state index contributed by atoms with van der Waals surface area (Å²) in [6.07, 6.45) is 1.87. The Hall–Kier alpha value is -2.70. The average molecular weight is 408 g/mol. The predicted octanol–water partition coefficient (Wildman–Crippen LogP) is 3.01. The maximum atomic E-state index is 13.0. The van der Waals surface area contributed by atoms with Crippen LogP contribution in [0.25, 0.3) is 0 Å². The Morgan fingerprint density at radius 1 is 0.967 bits per heavy atom. The molecule has 2 fully saturated rings. The first-order valence-corrected chi connectivity index (χ1v) is 10.7. The Labute approximate surface area is 177 Å². The van der Waals surface area contributed by atoms with Crippen LogP contribution in [0.2, 0.25) is 0 Å². The molecule has 1 atom stereocenters. The van der Waals surface area contributed by atoms with Gasteiger partial charge in [-0.25, -0.2) is 0 Å². The van der Waals surface area contributed by atoms with Gasteiger partial charge in [-0.15, -0.1) is 0 Å². The number of likely N-dealkylation sites (tertiary alicyclic amines) is 1. The number of rotatable bonds is 5. The average Bonchev–Trinajstić information content (AvgIpc) is 2.80. The van der Waals surface area contributed by atoms with Gasteiger partial charge in [0.05, 0.1) is 30.4 Å². The van der Waals surface area contributed by atoms with Crippen LogP contribution in [0.4, 0.5) is 5.69 Å². The number of ether oxygens (including phenoxy) is 1. The summed E-state index contributed by atoms with van der Waals surface area (Å²) in [4.78, 5) is 30.1. The van der Waals surface area contributed by atoms with Crippen molar-refractivity contribution in [1.29, 1.82) is 0 Å². The van der Waals surface area contributed by atoms with Gasteiger partial charge in [-0.3, -0.25) is 14.5 Å². The lowest BCUT2D eigenvalue weighted by Crippen LogP contribution is -2.42. The topological polar surface area (TPSA) is 61.9 Å². The largest absolute Gasteiger partial charge is 0.378 e. The fourth-order valence-electron chi connectivity index (χ4n) is 4.20. The Bertz CT molecular complexity index is 865. The number of morpholine rings is 1. The van der Waals surface area contributed by atoms with E-state index in [1.54, 1.807) is 11.0 Å². The molecule has 0 radical (unpaired) electrons. The van der Waals surface area contributed by atoms with E-state index in [2.05, 4.69) is 22.3 Å². The van der Waals surface area contributed by atoms with Gasteiger partial charge in [0.2, 0.25) is 5.91 Å². The number of carbonyl (C=O) groups excluding carboxylic acids is 2. The third-order valence-corrected chi connectivity index (χ3v) is 5.84. The van der Waals surface area contributed by atoms with Crippen LogP contribution in [0.1, 0.15) is 28.8 Å². The molecule has 1 unspecified atom stereocenters. The maximum absolute atomic E-state index is 13.0. The van der Waals surface area contributed by atoms with Crippen molar-refractivity contribution < 1.29 is 14.3 Å². The number of nitrogens with one attached hydrogen (secondary N) is 1. The third kappa shape index (κ3) is 5.07. The first kappa shape index (κ1) is 20.6. The van der Waals surface area contributed by atoms with Gasteiger partial charge in [0, 0.05) is 26.2 Å². The summed E-state index contributed by atoms with van der Waals surface area (Å²) in [6.45, 7) is 4.87. The van der Waals surface area contributed by atoms with Crippen molar-refractivity contribution in [2.24, 2.45) is 5.92 Å². The number of piperidine rings is 1. The number of hydrogen-bond acceptors (Lipinski definition) is 4. The molecule has 6 nitrogen and oxygen atoms in total. The van der Waals surface area contributed by atoms with Crippen molar-refractivity contribution in [2.45, 2.75) is 19.4 Å². The fourth-order valence-corrected chi connectivity index (χ4v) is 4.20. The summed E-state index contributed by atoms with van der Waals surface area (Å²) < 4.78 is 5.34. The molecule has 2 amide bonds. The number of para-hydroxylation sites is 1. The standard InChI is InChI=1S/C24H29N3O3/c28-23(20-9-6-12-26(18-20)17-19-7-2-1-3-8-19)25-22-11-5-4-10-21(22)24(29)27-13-15-30-16-14-27/h1-5,7-8,10-11,20H,6,9,12-18H2,(H,25,28). The second-order valence-electron chi connectivity index (χ2n) is 8.00. The van der Waals surface area contributed by atoms with Gasteiger partial charge in [-0.2, -0.15) is 0 Å². The summed E-state index contributed by atoms with van der Waals surface area (Å²) >= 11 is 0. The highest BCUT2D eigenvalue weighted by molar-refractivity contribution is 6.04. The second kappa shape index (κ2) is 9.87. The minimum absolute atomic E-state index is 0.00464. The molecule has 6 heteroatoms. The highest BCUT2D eigenvalue weighted by atomic mass is 16.5. The van der Waals surface area contributed by atoms with Crippen molar-refractivity contribution in [3.05, 3.63) is 65.7 Å². The number of amides is 2. The maximum Gasteiger partial charge on any atom is 0.256 e. The first-order valence-electron chi connectivity index (χ1n) is 10.7. The van der Waals surface area contributed by atoms with Gasteiger partial charge in [0.25, 0.3) is 5.91 Å². The van der Waals surface area contributed by atoms with E-state index >= 15 is 0 Å². The lowest BCUT2D eigenvalue weighted by molar-refractivity contribution is -0.121. The lowest BCUT2D eigenvalue weighted by Gasteiger charge is -2.32. The van der Waals surface area contributed by atoms with E-state index in [1.807, 2.05) is 36.4 Å². The molecule has 0 saturated carbocycles. The van der Waals surface area contributed by atoms with E-state index in [4.69, 9.17) is 4.74 Å². The number of hydrogen-bond donors (Lipinski definition) is 1. The van der Waals surface area contributed by atoms with Crippen LogP contribution < -0.4 is 5.32 Å². The normalized spacial score (nSPS) is 20.0. The quantitative estimate of drug-likeness (QED) is 0.828. The molecule has 0 aromatic heterocycles. The van der Waals surface area contributed by atoms with Crippen molar-refractivity contribution in [2.75, 3.05) is 44.7 Å². The summed E-state index contributed by atoms with van der Waals surface area (Å²) in [6, 6.07) is 17.7. The van der Waals surface area contributed by atoms with Crippen LogP contribution in [0, 0.1) is 5.92 Å². The van der Waals surface area contributed by atoms with Crippen molar-refractivity contribution >= 4 is 17.5 Å². The Balaban J connectivity index is 1.40. The minimum atomic E-state index is -0.0750. The van der Waals surface area contributed by atoms with Gasteiger partial charge in [-0.1, -0.05) is 42.5 Å². The third-order valence-electron chi connectivity index (χ3n) is 5.84. The molecule has 0 spiro atoms. The van der Waals surface area contributed by atoms with E-state index in [1.165, 1.54) is 5.56 Å². The van der Waals surface area contributed by atoms with Crippen molar-refractivity contribution in [3.63, 3.8) is 0 Å². The van der Waals surface area contributed by atoms with Crippen molar-refractivity contribution in [3.8, 4) is 0 Å². The molecule has 2 saturated heterocycles. The number of benzene rings is 2. The molecule has 158 valence electrons. The molecule has 1 N–H and O–H groups in total. The molecule has 2 aromatic rings. The van der Waals surface area contributed by atoms with Gasteiger partial charge in [-0.05, 0) is 37.1 Å². The zero-order valence-electron chi connectivity index (χ0n) is 17.3.